The summed E-state index contributed by atoms with van der Waals surface area (Å²) >= 11 is 0. The Balaban J connectivity index is 1.98. The average molecular weight is 385 g/mol. The molecule has 29 heavy (non-hydrogen) atoms. The number of aryl methyl sites for hydroxylation is 3. The Labute approximate surface area is 170 Å². The van der Waals surface area contributed by atoms with Gasteiger partial charge in [-0.3, -0.25) is 4.79 Å². The van der Waals surface area contributed by atoms with Crippen molar-refractivity contribution < 1.29 is 9.90 Å². The Hall–Kier alpha value is -3.78. The molecule has 1 aromatic heterocycles. The number of aromatic hydroxyl groups is 1. The third kappa shape index (κ3) is 4.07. The summed E-state index contributed by atoms with van der Waals surface area (Å²) in [4.78, 5) is 12.5. The van der Waals surface area contributed by atoms with Crippen LogP contribution in [0.25, 0.3) is 11.8 Å². The summed E-state index contributed by atoms with van der Waals surface area (Å²) in [6.45, 7) is 8.14. The summed E-state index contributed by atoms with van der Waals surface area (Å²) in [6, 6.07) is 16.3. The summed E-state index contributed by atoms with van der Waals surface area (Å²) < 4.78 is 2.16. The monoisotopic (exact) mass is 385 g/mol. The molecule has 0 spiro atoms. The van der Waals surface area contributed by atoms with Gasteiger partial charge in [0.15, 0.2) is 0 Å². The van der Waals surface area contributed by atoms with E-state index in [2.05, 4.69) is 35.9 Å². The van der Waals surface area contributed by atoms with E-state index in [1.54, 1.807) is 18.2 Å². The fourth-order valence-corrected chi connectivity index (χ4v) is 3.48. The molecule has 3 aromatic rings. The van der Waals surface area contributed by atoms with Crippen molar-refractivity contribution in [2.75, 3.05) is 5.32 Å². The summed E-state index contributed by atoms with van der Waals surface area (Å²) in [7, 11) is 0. The van der Waals surface area contributed by atoms with Crippen molar-refractivity contribution >= 4 is 17.7 Å². The van der Waals surface area contributed by atoms with Gasteiger partial charge in [-0.15, -0.1) is 0 Å². The summed E-state index contributed by atoms with van der Waals surface area (Å²) in [5.74, 6) is -0.381. The molecule has 0 aliphatic carbocycles. The predicted octanol–water partition coefficient (Wildman–Crippen LogP) is 4.96. The van der Waals surface area contributed by atoms with Crippen LogP contribution < -0.4 is 5.32 Å². The zero-order valence-corrected chi connectivity index (χ0v) is 16.9. The third-order valence-electron chi connectivity index (χ3n) is 4.92. The molecule has 0 aliphatic heterocycles. The number of anilines is 1. The fraction of sp³-hybridized carbons (Fsp3) is 0.167. The van der Waals surface area contributed by atoms with Crippen LogP contribution in [-0.2, 0) is 4.79 Å². The second-order valence-electron chi connectivity index (χ2n) is 7.07. The summed E-state index contributed by atoms with van der Waals surface area (Å²) in [5.41, 5.74) is 6.78. The van der Waals surface area contributed by atoms with E-state index in [1.165, 1.54) is 12.1 Å². The van der Waals surface area contributed by atoms with Gasteiger partial charge in [0.2, 0.25) is 0 Å². The number of nitriles is 1. The number of rotatable bonds is 4. The molecule has 3 rings (SSSR count). The number of nitrogens with zero attached hydrogens (tertiary/aromatic N) is 2. The van der Waals surface area contributed by atoms with Gasteiger partial charge >= 0.3 is 0 Å². The number of phenolic OH excluding ortho intramolecular Hbond substituents is 1. The van der Waals surface area contributed by atoms with Crippen molar-refractivity contribution in [3.8, 4) is 17.5 Å². The van der Waals surface area contributed by atoms with Crippen LogP contribution in [0.2, 0.25) is 0 Å². The topological polar surface area (TPSA) is 78.0 Å². The molecule has 5 nitrogen and oxygen atoms in total. The minimum absolute atomic E-state index is 0.0137. The maximum atomic E-state index is 12.5. The highest BCUT2D eigenvalue weighted by molar-refractivity contribution is 6.09. The lowest BCUT2D eigenvalue weighted by Crippen LogP contribution is -2.13. The van der Waals surface area contributed by atoms with Crippen LogP contribution in [0.15, 0.2) is 54.1 Å². The number of nitrogens with one attached hydrogen (secondary N) is 1. The van der Waals surface area contributed by atoms with Crippen molar-refractivity contribution in [2.24, 2.45) is 0 Å². The Morgan fingerprint density at radius 1 is 1.07 bits per heavy atom. The molecule has 1 amide bonds. The zero-order chi connectivity index (χ0) is 21.1. The highest BCUT2D eigenvalue weighted by Crippen LogP contribution is 2.27. The van der Waals surface area contributed by atoms with E-state index in [0.29, 0.717) is 5.69 Å². The molecule has 0 aliphatic rings. The number of aromatic nitrogens is 1. The molecular weight excluding hydrogens is 362 g/mol. The Morgan fingerprint density at radius 2 is 1.69 bits per heavy atom. The van der Waals surface area contributed by atoms with Gasteiger partial charge in [0.1, 0.15) is 17.4 Å². The lowest BCUT2D eigenvalue weighted by molar-refractivity contribution is -0.112. The number of hydrogen-bond donors (Lipinski definition) is 2. The molecule has 0 saturated heterocycles. The largest absolute Gasteiger partial charge is 0.508 e. The fourth-order valence-electron chi connectivity index (χ4n) is 3.48. The first-order chi connectivity index (χ1) is 13.8. The van der Waals surface area contributed by atoms with Crippen LogP contribution in [0, 0.1) is 39.0 Å². The molecule has 5 heteroatoms. The molecule has 0 radical (unpaired) electrons. The molecule has 2 aromatic carbocycles. The van der Waals surface area contributed by atoms with Crippen molar-refractivity contribution in [1.82, 2.24) is 4.57 Å². The van der Waals surface area contributed by atoms with Crippen molar-refractivity contribution in [3.05, 3.63) is 82.2 Å². The molecule has 0 bridgehead atoms. The number of para-hydroxylation sites is 1. The molecule has 146 valence electrons. The Bertz CT molecular complexity index is 1130. The highest BCUT2D eigenvalue weighted by atomic mass is 16.3. The van der Waals surface area contributed by atoms with Crippen LogP contribution >= 0.6 is 0 Å². The van der Waals surface area contributed by atoms with Gasteiger partial charge in [-0.05, 0) is 80.8 Å². The third-order valence-corrected chi connectivity index (χ3v) is 4.92. The van der Waals surface area contributed by atoms with E-state index in [1.807, 2.05) is 32.0 Å². The van der Waals surface area contributed by atoms with Crippen molar-refractivity contribution in [2.45, 2.75) is 27.7 Å². The quantitative estimate of drug-likeness (QED) is 0.378. The minimum Gasteiger partial charge on any atom is -0.508 e. The van der Waals surface area contributed by atoms with Crippen LogP contribution in [0.3, 0.4) is 0 Å². The summed E-state index contributed by atoms with van der Waals surface area (Å²) in [6.07, 6.45) is 1.61. The number of amides is 1. The van der Waals surface area contributed by atoms with Gasteiger partial charge in [-0.1, -0.05) is 18.2 Å². The van der Waals surface area contributed by atoms with E-state index in [0.717, 1.165) is 33.8 Å². The smallest absolute Gasteiger partial charge is 0.266 e. The predicted molar refractivity (Wildman–Crippen MR) is 115 cm³/mol. The second-order valence-corrected chi connectivity index (χ2v) is 7.07. The molecule has 0 atom stereocenters. The van der Waals surface area contributed by atoms with E-state index in [9.17, 15) is 15.2 Å². The van der Waals surface area contributed by atoms with Gasteiger partial charge in [0.25, 0.3) is 5.91 Å². The molecular formula is C24H23N3O2. The maximum absolute atomic E-state index is 12.5. The second kappa shape index (κ2) is 8.07. The van der Waals surface area contributed by atoms with Gasteiger partial charge in [-0.25, -0.2) is 0 Å². The van der Waals surface area contributed by atoms with Crippen LogP contribution in [0.5, 0.6) is 5.75 Å². The lowest BCUT2D eigenvalue weighted by Gasteiger charge is -2.15. The van der Waals surface area contributed by atoms with Gasteiger partial charge in [0.05, 0.1) is 5.69 Å². The number of carbonyl (C=O) groups is 1. The van der Waals surface area contributed by atoms with Crippen LogP contribution in [0.1, 0.15) is 28.1 Å². The number of phenols is 1. The number of benzene rings is 2. The minimum atomic E-state index is -0.491. The molecule has 0 saturated carbocycles. The van der Waals surface area contributed by atoms with E-state index < -0.39 is 5.91 Å². The van der Waals surface area contributed by atoms with E-state index in [4.69, 9.17) is 0 Å². The molecule has 0 unspecified atom stereocenters. The first kappa shape index (κ1) is 20.0. The first-order valence-electron chi connectivity index (χ1n) is 9.29. The van der Waals surface area contributed by atoms with Crippen LogP contribution in [0.4, 0.5) is 5.69 Å². The van der Waals surface area contributed by atoms with Crippen LogP contribution in [-0.4, -0.2) is 15.6 Å². The lowest BCUT2D eigenvalue weighted by atomic mass is 10.1. The standard InChI is InChI=1S/C24H23N3O2/c1-15-6-5-7-16(2)23(15)27-17(3)12-19(18(27)4)13-20(14-25)24(29)26-21-8-10-22(28)11-9-21/h5-13,28H,1-4H3,(H,26,29)/b20-13+. The first-order valence-corrected chi connectivity index (χ1v) is 9.29. The van der Waals surface area contributed by atoms with Crippen molar-refractivity contribution in [3.63, 3.8) is 0 Å². The molecule has 0 fully saturated rings. The number of carbonyl (C=O) groups excluding carboxylic acids is 1. The Kier molecular flexibility index (Phi) is 5.56. The highest BCUT2D eigenvalue weighted by Gasteiger charge is 2.16. The normalized spacial score (nSPS) is 11.2. The van der Waals surface area contributed by atoms with Gasteiger partial charge in [-0.2, -0.15) is 5.26 Å². The Morgan fingerprint density at radius 3 is 2.28 bits per heavy atom. The maximum Gasteiger partial charge on any atom is 0.266 e. The molecule has 2 N–H and O–H groups in total. The average Bonchev–Trinajstić information content (AvgIpc) is 2.95. The molecule has 1 heterocycles. The SMILES string of the molecule is Cc1cccc(C)c1-n1c(C)cc(/C=C(\C#N)C(=O)Nc2ccc(O)cc2)c1C. The van der Waals surface area contributed by atoms with E-state index in [-0.39, 0.29) is 11.3 Å². The zero-order valence-electron chi connectivity index (χ0n) is 16.9. The number of hydrogen-bond acceptors (Lipinski definition) is 3. The van der Waals surface area contributed by atoms with Gasteiger partial charge in [0, 0.05) is 17.1 Å². The van der Waals surface area contributed by atoms with Gasteiger partial charge < -0.3 is 15.0 Å². The summed E-state index contributed by atoms with van der Waals surface area (Å²) in [5, 5.41) is 21.6. The van der Waals surface area contributed by atoms with E-state index >= 15 is 0 Å². The van der Waals surface area contributed by atoms with Crippen molar-refractivity contribution in [1.29, 1.82) is 5.26 Å².